The third-order valence-corrected chi connectivity index (χ3v) is 2.32. The van der Waals surface area contributed by atoms with Gasteiger partial charge >= 0.3 is 0 Å². The van der Waals surface area contributed by atoms with Crippen molar-refractivity contribution in [3.63, 3.8) is 0 Å². The Bertz CT molecular complexity index is 523. The van der Waals surface area contributed by atoms with Crippen LogP contribution in [0.15, 0.2) is 6.33 Å². The van der Waals surface area contributed by atoms with E-state index in [2.05, 4.69) is 15.0 Å². The number of anilines is 1. The molecule has 7 heteroatoms. The summed E-state index contributed by atoms with van der Waals surface area (Å²) in [6.45, 7) is 0.666. The third-order valence-electron chi connectivity index (χ3n) is 2.32. The molecule has 2 aromatic heterocycles. The van der Waals surface area contributed by atoms with Crippen molar-refractivity contribution in [3.05, 3.63) is 6.33 Å². The van der Waals surface area contributed by atoms with E-state index in [9.17, 15) is 5.11 Å². The maximum Gasteiger partial charge on any atom is 0.298 e. The monoisotopic (exact) mass is 207 g/mol. The molecule has 0 aliphatic carbocycles. The predicted molar refractivity (Wildman–Crippen MR) is 51.2 cm³/mol. The highest BCUT2D eigenvalue weighted by molar-refractivity contribution is 5.82. The zero-order valence-corrected chi connectivity index (χ0v) is 7.79. The smallest absolute Gasteiger partial charge is 0.298 e. The molecule has 0 fully saturated rings. The van der Waals surface area contributed by atoms with Gasteiger partial charge in [-0.05, 0) is 0 Å². The average molecular weight is 207 g/mol. The quantitative estimate of drug-likeness (QED) is 0.584. The van der Waals surface area contributed by atoms with Gasteiger partial charge in [-0.15, -0.1) is 0 Å². The van der Waals surface area contributed by atoms with Gasteiger partial charge < -0.3 is 15.6 Å². The fourth-order valence-corrected chi connectivity index (χ4v) is 1.64. The zero-order chi connectivity index (χ0) is 10.4. The molecule has 3 heterocycles. The number of aromatic nitrogens is 4. The number of nitrogens with zero attached hydrogens (tertiary/aromatic N) is 4. The van der Waals surface area contributed by atoms with Gasteiger partial charge in [-0.3, -0.25) is 4.57 Å². The first-order valence-electron chi connectivity index (χ1n) is 4.53. The van der Waals surface area contributed by atoms with Gasteiger partial charge in [0.05, 0.1) is 6.54 Å². The molecule has 3 N–H and O–H groups in total. The summed E-state index contributed by atoms with van der Waals surface area (Å²) in [4.78, 5) is 12.1. The van der Waals surface area contributed by atoms with Crippen LogP contribution in [-0.4, -0.2) is 37.3 Å². The Morgan fingerprint density at radius 3 is 3.27 bits per heavy atom. The minimum atomic E-state index is -0.536. The molecule has 2 aromatic rings. The maximum atomic E-state index is 9.45. The number of hydrogen-bond donors (Lipinski definition) is 2. The van der Waals surface area contributed by atoms with Crippen LogP contribution in [0.2, 0.25) is 0 Å². The van der Waals surface area contributed by atoms with Gasteiger partial charge in [0, 0.05) is 0 Å². The van der Waals surface area contributed by atoms with Gasteiger partial charge in [0.15, 0.2) is 17.0 Å². The first-order chi connectivity index (χ1) is 7.25. The Kier molecular flexibility index (Phi) is 1.57. The number of aliphatic hydroxyl groups excluding tert-OH is 1. The summed E-state index contributed by atoms with van der Waals surface area (Å²) in [5.41, 5.74) is 6.77. The lowest BCUT2D eigenvalue weighted by molar-refractivity contribution is 0.0594. The second kappa shape index (κ2) is 2.80. The highest BCUT2D eigenvalue weighted by Crippen LogP contribution is 2.25. The highest BCUT2D eigenvalue weighted by Gasteiger charge is 2.23. The van der Waals surface area contributed by atoms with Crippen molar-refractivity contribution in [2.45, 2.75) is 12.6 Å². The minimum absolute atomic E-state index is 0.247. The molecule has 7 nitrogen and oxygen atoms in total. The standard InChI is InChI=1S/C8H9N5O2/c9-6-5-7(11-3-10-6)13-1-4(14)2-15-8(13)12-5/h3-4,14H,1-2H2,(H2,9,10,11). The summed E-state index contributed by atoms with van der Waals surface area (Å²) in [5, 5.41) is 9.45. The van der Waals surface area contributed by atoms with Crippen LogP contribution < -0.4 is 10.5 Å². The maximum absolute atomic E-state index is 9.45. The van der Waals surface area contributed by atoms with Crippen molar-refractivity contribution in [1.29, 1.82) is 0 Å². The van der Waals surface area contributed by atoms with E-state index in [1.165, 1.54) is 6.33 Å². The molecule has 0 radical (unpaired) electrons. The number of ether oxygens (including phenoxy) is 1. The molecule has 0 aromatic carbocycles. The Hall–Kier alpha value is -1.89. The molecule has 15 heavy (non-hydrogen) atoms. The van der Waals surface area contributed by atoms with Crippen LogP contribution in [0.3, 0.4) is 0 Å². The summed E-state index contributed by atoms with van der Waals surface area (Å²) in [6, 6.07) is 0.433. The van der Waals surface area contributed by atoms with Gasteiger partial charge in [-0.1, -0.05) is 0 Å². The van der Waals surface area contributed by atoms with Crippen molar-refractivity contribution < 1.29 is 9.84 Å². The summed E-state index contributed by atoms with van der Waals surface area (Å²) in [7, 11) is 0. The lowest BCUT2D eigenvalue weighted by atomic mass is 10.3. The van der Waals surface area contributed by atoms with Crippen LogP contribution in [0, 0.1) is 0 Å². The fourth-order valence-electron chi connectivity index (χ4n) is 1.64. The van der Waals surface area contributed by atoms with E-state index in [0.29, 0.717) is 29.5 Å². The Morgan fingerprint density at radius 2 is 2.40 bits per heavy atom. The Morgan fingerprint density at radius 1 is 1.53 bits per heavy atom. The number of nitrogens with two attached hydrogens (primary N) is 1. The largest absolute Gasteiger partial charge is 0.462 e. The molecule has 1 atom stereocenters. The number of imidazole rings is 1. The molecule has 0 saturated carbocycles. The Balaban J connectivity index is 2.29. The van der Waals surface area contributed by atoms with Crippen molar-refractivity contribution in [1.82, 2.24) is 19.5 Å². The van der Waals surface area contributed by atoms with Crippen molar-refractivity contribution in [2.24, 2.45) is 0 Å². The molecule has 1 aliphatic heterocycles. The van der Waals surface area contributed by atoms with E-state index in [1.54, 1.807) is 4.57 Å². The topological polar surface area (TPSA) is 99.1 Å². The second-order valence-electron chi connectivity index (χ2n) is 3.40. The lowest BCUT2D eigenvalue weighted by Gasteiger charge is -2.19. The summed E-state index contributed by atoms with van der Waals surface area (Å²) in [5.74, 6) is 0.319. The van der Waals surface area contributed by atoms with Crippen LogP contribution in [0.1, 0.15) is 0 Å². The van der Waals surface area contributed by atoms with Gasteiger partial charge in [0.25, 0.3) is 6.01 Å². The molecular formula is C8H9N5O2. The molecule has 1 unspecified atom stereocenters. The summed E-state index contributed by atoms with van der Waals surface area (Å²) in [6.07, 6.45) is 0.833. The molecule has 0 bridgehead atoms. The molecule has 1 aliphatic rings. The van der Waals surface area contributed by atoms with Crippen LogP contribution in [-0.2, 0) is 6.54 Å². The van der Waals surface area contributed by atoms with Gasteiger partial charge in [-0.25, -0.2) is 9.97 Å². The van der Waals surface area contributed by atoms with Gasteiger partial charge in [0.1, 0.15) is 19.0 Å². The zero-order valence-electron chi connectivity index (χ0n) is 7.79. The number of rotatable bonds is 0. The van der Waals surface area contributed by atoms with E-state index in [0.717, 1.165) is 0 Å². The van der Waals surface area contributed by atoms with E-state index in [-0.39, 0.29) is 6.61 Å². The van der Waals surface area contributed by atoms with Crippen molar-refractivity contribution >= 4 is 17.0 Å². The number of fused-ring (bicyclic) bond motifs is 3. The van der Waals surface area contributed by atoms with E-state index < -0.39 is 6.10 Å². The summed E-state index contributed by atoms with van der Waals surface area (Å²) >= 11 is 0. The van der Waals surface area contributed by atoms with Gasteiger partial charge in [0.2, 0.25) is 0 Å². The predicted octanol–water partition coefficient (Wildman–Crippen LogP) is -0.838. The molecule has 78 valence electrons. The third kappa shape index (κ3) is 1.13. The molecule has 0 spiro atoms. The van der Waals surface area contributed by atoms with E-state index in [1.807, 2.05) is 0 Å². The SMILES string of the molecule is Nc1ncnc2c1nc1n2CC(O)CO1. The Labute approximate surface area is 84.5 Å². The lowest BCUT2D eigenvalue weighted by Crippen LogP contribution is -2.29. The molecule has 3 rings (SSSR count). The first kappa shape index (κ1) is 8.42. The minimum Gasteiger partial charge on any atom is -0.462 e. The normalized spacial score (nSPS) is 19.9. The van der Waals surface area contributed by atoms with E-state index in [4.69, 9.17) is 10.5 Å². The van der Waals surface area contributed by atoms with Crippen LogP contribution in [0.4, 0.5) is 5.82 Å². The molecule has 0 amide bonds. The van der Waals surface area contributed by atoms with Crippen molar-refractivity contribution in [3.8, 4) is 6.01 Å². The van der Waals surface area contributed by atoms with Crippen LogP contribution in [0.25, 0.3) is 11.2 Å². The van der Waals surface area contributed by atoms with Crippen LogP contribution >= 0.6 is 0 Å². The van der Waals surface area contributed by atoms with Crippen molar-refractivity contribution in [2.75, 3.05) is 12.3 Å². The number of hydrogen-bond acceptors (Lipinski definition) is 6. The van der Waals surface area contributed by atoms with E-state index >= 15 is 0 Å². The molecular weight excluding hydrogens is 198 g/mol. The molecule has 0 saturated heterocycles. The first-order valence-corrected chi connectivity index (χ1v) is 4.53. The van der Waals surface area contributed by atoms with Gasteiger partial charge in [-0.2, -0.15) is 4.98 Å². The fraction of sp³-hybridized carbons (Fsp3) is 0.375. The highest BCUT2D eigenvalue weighted by atomic mass is 16.5. The average Bonchev–Trinajstić information content (AvgIpc) is 2.58. The summed E-state index contributed by atoms with van der Waals surface area (Å²) < 4.78 is 6.95. The number of nitrogen functional groups attached to an aromatic ring is 1. The number of aliphatic hydroxyl groups is 1. The van der Waals surface area contributed by atoms with Crippen LogP contribution in [0.5, 0.6) is 6.01 Å². The second-order valence-corrected chi connectivity index (χ2v) is 3.40.